The molecule has 432 valence electrons. The van der Waals surface area contributed by atoms with Gasteiger partial charge in [0.2, 0.25) is 0 Å². The number of aliphatic imine (C=N–C) groups is 2. The van der Waals surface area contributed by atoms with E-state index in [0.29, 0.717) is 59.4 Å². The van der Waals surface area contributed by atoms with E-state index in [4.69, 9.17) is 9.98 Å². The highest BCUT2D eigenvalue weighted by Crippen LogP contribution is 2.65. The van der Waals surface area contributed by atoms with Gasteiger partial charge in [0.25, 0.3) is 0 Å². The summed E-state index contributed by atoms with van der Waals surface area (Å²) in [6, 6.07) is 15.0. The fraction of sp³-hybridized carbons (Fsp3) is 0.781. The first-order valence-corrected chi connectivity index (χ1v) is 32.9. The zero-order chi connectivity index (χ0) is 56.6. The van der Waals surface area contributed by atoms with Gasteiger partial charge in [-0.15, -0.1) is 0 Å². The Kier molecular flexibility index (Phi) is 22.2. The summed E-state index contributed by atoms with van der Waals surface area (Å²) in [6.07, 6.45) is 27.4. The number of unbranched alkanes of at least 4 members (excludes halogenated alkanes) is 2. The number of rotatable bonds is 12. The van der Waals surface area contributed by atoms with Gasteiger partial charge in [-0.2, -0.15) is 0 Å². The summed E-state index contributed by atoms with van der Waals surface area (Å²) in [5, 5.41) is 0. The third-order valence-corrected chi connectivity index (χ3v) is 20.2. The first-order valence-electron chi connectivity index (χ1n) is 32.9. The van der Waals surface area contributed by atoms with Crippen LogP contribution in [0, 0.1) is 46.3 Å². The van der Waals surface area contributed by atoms with E-state index in [9.17, 15) is 0 Å². The lowest BCUT2D eigenvalue weighted by Gasteiger charge is -2.46. The van der Waals surface area contributed by atoms with Gasteiger partial charge >= 0.3 is 0 Å². The van der Waals surface area contributed by atoms with Crippen LogP contribution >= 0.6 is 0 Å². The van der Waals surface area contributed by atoms with E-state index in [-0.39, 0.29) is 21.9 Å². The van der Waals surface area contributed by atoms with E-state index in [2.05, 4.69) is 196 Å². The molecule has 6 atom stereocenters. The van der Waals surface area contributed by atoms with Crippen LogP contribution in [-0.2, 0) is 0 Å². The van der Waals surface area contributed by atoms with E-state index < -0.39 is 0 Å². The van der Waals surface area contributed by atoms with Gasteiger partial charge in [-0.3, -0.25) is 0 Å². The summed E-state index contributed by atoms with van der Waals surface area (Å²) < 4.78 is 0. The van der Waals surface area contributed by atoms with Crippen molar-refractivity contribution in [3.8, 4) is 0 Å². The molecule has 2 spiro atoms. The molecule has 6 aliphatic rings. The predicted octanol–water partition coefficient (Wildman–Crippen LogP) is 22.0. The molecule has 2 heterocycles. The maximum atomic E-state index is 5.30. The molecule has 77 heavy (non-hydrogen) atoms. The molecular formula is C73H120N4. The zero-order valence-corrected chi connectivity index (χ0v) is 54.0. The average molecular weight is 1050 g/mol. The van der Waals surface area contributed by atoms with Gasteiger partial charge < -0.3 is 9.80 Å². The molecule has 4 aliphatic carbocycles. The summed E-state index contributed by atoms with van der Waals surface area (Å²) in [6.45, 7) is 48.2. The summed E-state index contributed by atoms with van der Waals surface area (Å²) >= 11 is 0. The van der Waals surface area contributed by atoms with Crippen molar-refractivity contribution >= 4 is 23.1 Å². The second kappa shape index (κ2) is 27.1. The Balaban J connectivity index is 0.000000229. The topological polar surface area (TPSA) is 31.2 Å². The van der Waals surface area contributed by atoms with Crippen molar-refractivity contribution in [2.24, 2.45) is 56.3 Å². The Hall–Kier alpha value is -3.06. The Morgan fingerprint density at radius 2 is 0.779 bits per heavy atom. The first-order chi connectivity index (χ1) is 36.4. The van der Waals surface area contributed by atoms with Crippen LogP contribution in [0.1, 0.15) is 319 Å². The number of allylic oxidation sites excluding steroid dienone is 2. The van der Waals surface area contributed by atoms with Crippen molar-refractivity contribution in [2.45, 2.75) is 320 Å². The number of nitrogens with zero attached hydrogens (tertiary/aromatic N) is 4. The fourth-order valence-corrected chi connectivity index (χ4v) is 16.8. The van der Waals surface area contributed by atoms with Crippen LogP contribution in [0.3, 0.4) is 0 Å². The third kappa shape index (κ3) is 14.2. The number of benzene rings is 2. The molecule has 0 radical (unpaired) electrons. The average Bonchev–Trinajstić information content (AvgIpc) is 3.74. The van der Waals surface area contributed by atoms with Crippen LogP contribution in [0.5, 0.6) is 0 Å². The maximum Gasteiger partial charge on any atom is 0.0873 e. The van der Waals surface area contributed by atoms with Crippen LogP contribution < -0.4 is 9.80 Å². The van der Waals surface area contributed by atoms with Gasteiger partial charge in [-0.25, -0.2) is 9.98 Å². The Labute approximate surface area is 477 Å². The van der Waals surface area contributed by atoms with Crippen molar-refractivity contribution < 1.29 is 0 Å². The van der Waals surface area contributed by atoms with Crippen LogP contribution in [0.25, 0.3) is 0 Å². The minimum Gasteiger partial charge on any atom is -0.331 e. The zero-order valence-electron chi connectivity index (χ0n) is 54.0. The van der Waals surface area contributed by atoms with Gasteiger partial charge in [0.05, 0.1) is 23.5 Å². The molecule has 0 unspecified atom stereocenters. The molecule has 4 nitrogen and oxygen atoms in total. The molecule has 2 aromatic rings. The highest BCUT2D eigenvalue weighted by molar-refractivity contribution is 5.79. The number of anilines is 2. The molecule has 0 bridgehead atoms. The summed E-state index contributed by atoms with van der Waals surface area (Å²) in [4.78, 5) is 16.1. The molecule has 6 fully saturated rings. The summed E-state index contributed by atoms with van der Waals surface area (Å²) in [7, 11) is 0. The van der Waals surface area contributed by atoms with Gasteiger partial charge in [-0.1, -0.05) is 218 Å². The van der Waals surface area contributed by atoms with E-state index in [1.54, 1.807) is 0 Å². The van der Waals surface area contributed by atoms with Crippen LogP contribution in [0.4, 0.5) is 11.4 Å². The third-order valence-electron chi connectivity index (χ3n) is 20.2. The lowest BCUT2D eigenvalue weighted by molar-refractivity contribution is 0.0648. The molecule has 4 saturated carbocycles. The second-order valence-corrected chi connectivity index (χ2v) is 29.7. The minimum absolute atomic E-state index is 0.0310. The molecule has 0 aromatic heterocycles. The molecule has 0 amide bonds. The molecular weight excluding hydrogens is 933 g/mol. The number of hydrogen-bond acceptors (Lipinski definition) is 4. The molecule has 2 aromatic carbocycles. The highest BCUT2D eigenvalue weighted by Gasteiger charge is 2.61. The van der Waals surface area contributed by atoms with Gasteiger partial charge in [-0.05, 0) is 173 Å². The van der Waals surface area contributed by atoms with E-state index in [0.717, 1.165) is 11.8 Å². The lowest BCUT2D eigenvalue weighted by Crippen LogP contribution is -2.41. The van der Waals surface area contributed by atoms with Crippen LogP contribution in [-0.4, -0.2) is 34.9 Å². The number of para-hydroxylation sites is 2. The minimum atomic E-state index is 0.0310. The quantitative estimate of drug-likeness (QED) is 0.198. The van der Waals surface area contributed by atoms with Crippen LogP contribution in [0.15, 0.2) is 57.8 Å². The highest BCUT2D eigenvalue weighted by atomic mass is 15.3. The van der Waals surface area contributed by atoms with E-state index >= 15 is 0 Å². The summed E-state index contributed by atoms with van der Waals surface area (Å²) in [5.41, 5.74) is 12.1. The monoisotopic (exact) mass is 1050 g/mol. The second-order valence-electron chi connectivity index (χ2n) is 29.7. The molecule has 2 aliphatic heterocycles. The van der Waals surface area contributed by atoms with Crippen molar-refractivity contribution in [3.63, 3.8) is 0 Å². The normalized spacial score (nSPS) is 27.7. The van der Waals surface area contributed by atoms with Crippen molar-refractivity contribution in [3.05, 3.63) is 70.0 Å². The van der Waals surface area contributed by atoms with Crippen molar-refractivity contribution in [1.82, 2.24) is 0 Å². The van der Waals surface area contributed by atoms with Crippen molar-refractivity contribution in [1.29, 1.82) is 0 Å². The number of hydrogen-bond donors (Lipinski definition) is 0. The van der Waals surface area contributed by atoms with Crippen LogP contribution in [0.2, 0.25) is 0 Å². The SMILES string of the molecule is CC(C)c1cccc(C(C)C)c1N1C(=C=NC2CCCCC2)[C@@]2(C[C@@H](C)CC[C@@H]2C(C)C)CC1(C)C.CC(C)c1cccc(C(C)C)c1N1C(=C=NC2CCCCC2)[C@@]2(C[C@@H](C)CC[C@@H]2C(C)C)CC1(C)C.CCCCC. The van der Waals surface area contributed by atoms with Gasteiger partial charge in [0, 0.05) is 45.0 Å². The first kappa shape index (κ1) is 63.1. The molecule has 0 N–H and O–H groups in total. The largest absolute Gasteiger partial charge is 0.331 e. The van der Waals surface area contributed by atoms with Gasteiger partial charge in [0.15, 0.2) is 0 Å². The van der Waals surface area contributed by atoms with Crippen molar-refractivity contribution in [2.75, 3.05) is 9.80 Å². The summed E-state index contributed by atoms with van der Waals surface area (Å²) in [5.74, 6) is 14.0. The Morgan fingerprint density at radius 3 is 1.04 bits per heavy atom. The molecule has 8 rings (SSSR count). The standard InChI is InChI=1S/2C34H54N2.C5H12/c2*1-23(2)28-16-13-17-29(24(3)4)32(28)36-31(21-35-27-14-11-10-12-15-27)34(22-33(36,8)9)20-26(7)18-19-30(34)25(5)6;1-3-5-4-2/h2*13,16-17,23-27,30H,10-12,14-15,18-20,22H2,1-9H3;3-5H2,1-2H3/t2*26-,30+,34-;/m00./s1. The molecule has 4 heteroatoms. The van der Waals surface area contributed by atoms with E-state index in [1.807, 2.05) is 0 Å². The Morgan fingerprint density at radius 1 is 0.468 bits per heavy atom. The Bertz CT molecular complexity index is 2100. The van der Waals surface area contributed by atoms with E-state index in [1.165, 1.54) is 180 Å². The lowest BCUT2D eigenvalue weighted by atomic mass is 9.57. The van der Waals surface area contributed by atoms with Gasteiger partial charge in [0.1, 0.15) is 0 Å². The fourth-order valence-electron chi connectivity index (χ4n) is 16.8. The predicted molar refractivity (Wildman–Crippen MR) is 340 cm³/mol. The smallest absolute Gasteiger partial charge is 0.0873 e. The molecule has 2 saturated heterocycles. The maximum absolute atomic E-state index is 5.30.